The predicted octanol–water partition coefficient (Wildman–Crippen LogP) is 1.96. The van der Waals surface area contributed by atoms with Gasteiger partial charge in [0.2, 0.25) is 15.9 Å². The fourth-order valence-corrected chi connectivity index (χ4v) is 3.82. The number of nitrogens with one attached hydrogen (secondary N) is 1. The summed E-state index contributed by atoms with van der Waals surface area (Å²) in [7, 11) is -3.43. The van der Waals surface area contributed by atoms with E-state index in [1.54, 1.807) is 6.07 Å². The lowest BCUT2D eigenvalue weighted by molar-refractivity contribution is -0.120. The van der Waals surface area contributed by atoms with Crippen molar-refractivity contribution in [1.29, 1.82) is 5.26 Å². The van der Waals surface area contributed by atoms with Crippen molar-refractivity contribution < 1.29 is 13.2 Å². The molecule has 1 fully saturated rings. The molecule has 22 heavy (non-hydrogen) atoms. The lowest BCUT2D eigenvalue weighted by atomic mass is 10.0. The number of rotatable bonds is 3. The van der Waals surface area contributed by atoms with E-state index in [-0.39, 0.29) is 10.9 Å². The minimum Gasteiger partial charge on any atom is -0.325 e. The minimum atomic E-state index is -3.43. The van der Waals surface area contributed by atoms with Crippen LogP contribution in [-0.4, -0.2) is 37.5 Å². The average Bonchev–Trinajstić information content (AvgIpc) is 2.46. The Kier molecular flexibility index (Phi) is 5.06. The van der Waals surface area contributed by atoms with Crippen LogP contribution in [0.25, 0.3) is 0 Å². The fraction of sp³-hybridized carbons (Fsp3) is 0.429. The summed E-state index contributed by atoms with van der Waals surface area (Å²) in [6, 6.07) is 5.77. The Morgan fingerprint density at radius 1 is 1.45 bits per heavy atom. The molecule has 0 unspecified atom stereocenters. The number of hydrogen-bond acceptors (Lipinski definition) is 4. The second kappa shape index (κ2) is 6.65. The van der Waals surface area contributed by atoms with Crippen molar-refractivity contribution in [1.82, 2.24) is 4.31 Å². The maximum atomic E-state index is 12.4. The highest BCUT2D eigenvalue weighted by Crippen LogP contribution is 2.23. The molecule has 118 valence electrons. The first kappa shape index (κ1) is 16.7. The van der Waals surface area contributed by atoms with Gasteiger partial charge in [-0.15, -0.1) is 0 Å². The van der Waals surface area contributed by atoms with Crippen molar-refractivity contribution in [3.63, 3.8) is 0 Å². The van der Waals surface area contributed by atoms with E-state index in [2.05, 4.69) is 5.32 Å². The van der Waals surface area contributed by atoms with E-state index in [9.17, 15) is 13.2 Å². The SMILES string of the molecule is CS(=O)(=O)N1CCCC[C@@H]1C(=O)Nc1ccc(C#N)c(Cl)c1. The third kappa shape index (κ3) is 3.77. The molecule has 8 heteroatoms. The first-order chi connectivity index (χ1) is 10.3. The van der Waals surface area contributed by atoms with Gasteiger partial charge in [0.1, 0.15) is 12.1 Å². The summed E-state index contributed by atoms with van der Waals surface area (Å²) in [5, 5.41) is 11.7. The molecule has 0 aromatic heterocycles. The molecule has 1 saturated heterocycles. The maximum Gasteiger partial charge on any atom is 0.242 e. The Hall–Kier alpha value is -1.62. The van der Waals surface area contributed by atoms with Crippen molar-refractivity contribution in [2.75, 3.05) is 18.1 Å². The summed E-state index contributed by atoms with van der Waals surface area (Å²) < 4.78 is 24.8. The third-order valence-corrected chi connectivity index (χ3v) is 5.14. The Morgan fingerprint density at radius 3 is 2.77 bits per heavy atom. The number of piperidine rings is 1. The molecule has 2 rings (SSSR count). The summed E-state index contributed by atoms with van der Waals surface area (Å²) in [6.45, 7) is 0.352. The summed E-state index contributed by atoms with van der Waals surface area (Å²) in [6.07, 6.45) is 3.15. The first-order valence-corrected chi connectivity index (χ1v) is 9.03. The van der Waals surface area contributed by atoms with Gasteiger partial charge in [-0.25, -0.2) is 8.42 Å². The van der Waals surface area contributed by atoms with Crippen LogP contribution in [-0.2, 0) is 14.8 Å². The van der Waals surface area contributed by atoms with E-state index in [0.29, 0.717) is 24.2 Å². The molecule has 1 N–H and O–H groups in total. The molecule has 1 heterocycles. The van der Waals surface area contributed by atoms with E-state index in [1.807, 2.05) is 6.07 Å². The summed E-state index contributed by atoms with van der Waals surface area (Å²) in [4.78, 5) is 12.4. The van der Waals surface area contributed by atoms with Crippen LogP contribution in [0, 0.1) is 11.3 Å². The average molecular weight is 342 g/mol. The molecule has 0 spiro atoms. The van der Waals surface area contributed by atoms with Gasteiger partial charge < -0.3 is 5.32 Å². The van der Waals surface area contributed by atoms with Crippen molar-refractivity contribution in [3.8, 4) is 6.07 Å². The summed E-state index contributed by atoms with van der Waals surface area (Å²) in [5.41, 5.74) is 0.753. The molecule has 1 atom stereocenters. The quantitative estimate of drug-likeness (QED) is 0.909. The van der Waals surface area contributed by atoms with Crippen molar-refractivity contribution in [2.45, 2.75) is 25.3 Å². The highest BCUT2D eigenvalue weighted by molar-refractivity contribution is 7.88. The maximum absolute atomic E-state index is 12.4. The largest absolute Gasteiger partial charge is 0.325 e. The highest BCUT2D eigenvalue weighted by Gasteiger charge is 2.34. The Morgan fingerprint density at radius 2 is 2.18 bits per heavy atom. The molecule has 0 radical (unpaired) electrons. The molecular formula is C14H16ClN3O3S. The van der Waals surface area contributed by atoms with Gasteiger partial charge in [0.25, 0.3) is 0 Å². The number of halogens is 1. The smallest absolute Gasteiger partial charge is 0.242 e. The van der Waals surface area contributed by atoms with Crippen LogP contribution in [0.5, 0.6) is 0 Å². The van der Waals surface area contributed by atoms with Crippen molar-refractivity contribution in [3.05, 3.63) is 28.8 Å². The zero-order valence-electron chi connectivity index (χ0n) is 12.0. The van der Waals surface area contributed by atoms with Crippen LogP contribution in [0.1, 0.15) is 24.8 Å². The normalized spacial score (nSPS) is 19.4. The van der Waals surface area contributed by atoms with Crippen LogP contribution in [0.4, 0.5) is 5.69 Å². The van der Waals surface area contributed by atoms with E-state index >= 15 is 0 Å². The van der Waals surface area contributed by atoms with Crippen LogP contribution in [0.2, 0.25) is 5.02 Å². The van der Waals surface area contributed by atoms with Gasteiger partial charge in [0.05, 0.1) is 16.8 Å². The molecule has 0 aliphatic carbocycles. The van der Waals surface area contributed by atoms with E-state index in [0.717, 1.165) is 19.1 Å². The second-order valence-electron chi connectivity index (χ2n) is 5.18. The number of carbonyl (C=O) groups excluding carboxylic acids is 1. The second-order valence-corrected chi connectivity index (χ2v) is 7.52. The van der Waals surface area contributed by atoms with Gasteiger partial charge in [-0.05, 0) is 31.0 Å². The van der Waals surface area contributed by atoms with Gasteiger partial charge in [-0.1, -0.05) is 18.0 Å². The van der Waals surface area contributed by atoms with Crippen LogP contribution >= 0.6 is 11.6 Å². The molecule has 1 aromatic carbocycles. The van der Waals surface area contributed by atoms with E-state index in [1.165, 1.54) is 16.4 Å². The molecule has 0 saturated carbocycles. The van der Waals surface area contributed by atoms with Crippen LogP contribution < -0.4 is 5.32 Å². The Labute approximate surface area is 134 Å². The van der Waals surface area contributed by atoms with E-state index in [4.69, 9.17) is 16.9 Å². The molecular weight excluding hydrogens is 326 g/mol. The van der Waals surface area contributed by atoms with E-state index < -0.39 is 16.1 Å². The van der Waals surface area contributed by atoms with Gasteiger partial charge in [0, 0.05) is 12.2 Å². The number of amides is 1. The highest BCUT2D eigenvalue weighted by atomic mass is 35.5. The number of nitriles is 1. The number of benzene rings is 1. The Bertz CT molecular complexity index is 727. The monoisotopic (exact) mass is 341 g/mol. The molecule has 1 amide bonds. The fourth-order valence-electron chi connectivity index (χ4n) is 2.47. The van der Waals surface area contributed by atoms with Gasteiger partial charge in [-0.3, -0.25) is 4.79 Å². The van der Waals surface area contributed by atoms with Crippen LogP contribution in [0.3, 0.4) is 0 Å². The number of carbonyl (C=O) groups is 1. The zero-order chi connectivity index (χ0) is 16.3. The molecule has 0 bridgehead atoms. The molecule has 1 aromatic rings. The Balaban J connectivity index is 2.17. The number of nitrogens with zero attached hydrogens (tertiary/aromatic N) is 2. The van der Waals surface area contributed by atoms with Gasteiger partial charge in [-0.2, -0.15) is 9.57 Å². The summed E-state index contributed by atoms with van der Waals surface area (Å²) in [5.74, 6) is -0.383. The zero-order valence-corrected chi connectivity index (χ0v) is 13.6. The van der Waals surface area contributed by atoms with Crippen molar-refractivity contribution >= 4 is 33.2 Å². The van der Waals surface area contributed by atoms with Gasteiger partial charge in [0.15, 0.2) is 0 Å². The molecule has 1 aliphatic heterocycles. The summed E-state index contributed by atoms with van der Waals surface area (Å²) >= 11 is 5.92. The first-order valence-electron chi connectivity index (χ1n) is 6.80. The van der Waals surface area contributed by atoms with Crippen molar-refractivity contribution in [2.24, 2.45) is 0 Å². The van der Waals surface area contributed by atoms with Crippen LogP contribution in [0.15, 0.2) is 18.2 Å². The third-order valence-electron chi connectivity index (χ3n) is 3.54. The number of sulfonamides is 1. The number of hydrogen-bond donors (Lipinski definition) is 1. The topological polar surface area (TPSA) is 90.3 Å². The standard InChI is InChI=1S/C14H16ClN3O3S/c1-22(20,21)18-7-3-2-4-13(18)14(19)17-11-6-5-10(9-16)12(15)8-11/h5-6,8,13H,2-4,7H2,1H3,(H,17,19)/t13-/m1/s1. The molecule has 6 nitrogen and oxygen atoms in total. The molecule has 1 aliphatic rings. The lowest BCUT2D eigenvalue weighted by Crippen LogP contribution is -2.49. The minimum absolute atomic E-state index is 0.240. The lowest BCUT2D eigenvalue weighted by Gasteiger charge is -2.32. The number of anilines is 1. The van der Waals surface area contributed by atoms with Gasteiger partial charge >= 0.3 is 0 Å². The predicted molar refractivity (Wildman–Crippen MR) is 84.0 cm³/mol.